The van der Waals surface area contributed by atoms with E-state index in [2.05, 4.69) is 10.3 Å². The van der Waals surface area contributed by atoms with Crippen LogP contribution >= 0.6 is 11.8 Å². The van der Waals surface area contributed by atoms with Gasteiger partial charge in [-0.1, -0.05) is 42.1 Å². The number of carbonyl (C=O) groups excluding carboxylic acids is 1. The lowest BCUT2D eigenvalue weighted by Crippen LogP contribution is -2.37. The van der Waals surface area contributed by atoms with Gasteiger partial charge in [0.1, 0.15) is 11.6 Å². The molecule has 2 atom stereocenters. The van der Waals surface area contributed by atoms with Crippen LogP contribution in [0.2, 0.25) is 0 Å². The SMILES string of the molecule is CN(C)c1ccc(N2C(=N/C=C(\C#N)C(=O)NCc3ccccc3)S[C@@H]3CS(=O)(=O)C[C@@H]32)cc1. The lowest BCUT2D eigenvalue weighted by atomic mass is 10.2. The summed E-state index contributed by atoms with van der Waals surface area (Å²) in [5, 5.41) is 12.7. The van der Waals surface area contributed by atoms with Crippen molar-refractivity contribution >= 4 is 44.0 Å². The number of aliphatic imine (C=N–C) groups is 1. The Morgan fingerprint density at radius 3 is 2.56 bits per heavy atom. The van der Waals surface area contributed by atoms with Gasteiger partial charge in [0.15, 0.2) is 15.0 Å². The Morgan fingerprint density at radius 1 is 1.21 bits per heavy atom. The summed E-state index contributed by atoms with van der Waals surface area (Å²) in [7, 11) is 0.765. The molecule has 176 valence electrons. The summed E-state index contributed by atoms with van der Waals surface area (Å²) in [5.74, 6) is -0.380. The van der Waals surface area contributed by atoms with E-state index in [9.17, 15) is 18.5 Å². The van der Waals surface area contributed by atoms with Crippen molar-refractivity contribution in [1.82, 2.24) is 5.32 Å². The van der Waals surface area contributed by atoms with Crippen molar-refractivity contribution in [1.29, 1.82) is 5.26 Å². The minimum Gasteiger partial charge on any atom is -0.378 e. The zero-order valence-electron chi connectivity index (χ0n) is 18.9. The number of amides is 1. The van der Waals surface area contributed by atoms with E-state index in [0.717, 1.165) is 16.9 Å². The molecule has 0 saturated carbocycles. The van der Waals surface area contributed by atoms with Crippen LogP contribution in [0.1, 0.15) is 5.56 Å². The first kappa shape index (κ1) is 23.9. The van der Waals surface area contributed by atoms with Crippen molar-refractivity contribution in [3.05, 3.63) is 71.9 Å². The van der Waals surface area contributed by atoms with Crippen LogP contribution in [-0.4, -0.2) is 56.4 Å². The zero-order valence-corrected chi connectivity index (χ0v) is 20.5. The second-order valence-corrected chi connectivity index (χ2v) is 11.7. The van der Waals surface area contributed by atoms with E-state index in [-0.39, 0.29) is 28.4 Å². The molecule has 4 rings (SSSR count). The number of benzene rings is 2. The summed E-state index contributed by atoms with van der Waals surface area (Å²) in [6.07, 6.45) is 1.26. The fourth-order valence-corrected chi connectivity index (χ4v) is 7.81. The van der Waals surface area contributed by atoms with Gasteiger partial charge in [0, 0.05) is 37.3 Å². The lowest BCUT2D eigenvalue weighted by molar-refractivity contribution is -0.117. The van der Waals surface area contributed by atoms with Gasteiger partial charge >= 0.3 is 0 Å². The summed E-state index contributed by atoms with van der Waals surface area (Å²) in [6, 6.07) is 18.9. The summed E-state index contributed by atoms with van der Waals surface area (Å²) in [6.45, 7) is 0.302. The molecule has 2 aliphatic rings. The smallest absolute Gasteiger partial charge is 0.263 e. The third-order valence-corrected chi connectivity index (χ3v) is 8.90. The van der Waals surface area contributed by atoms with Crippen molar-refractivity contribution in [3.63, 3.8) is 0 Å². The topological polar surface area (TPSA) is 106 Å². The molecule has 2 fully saturated rings. The second kappa shape index (κ2) is 9.91. The first-order valence-corrected chi connectivity index (χ1v) is 13.4. The number of carbonyl (C=O) groups is 1. The van der Waals surface area contributed by atoms with Crippen LogP contribution in [0.25, 0.3) is 0 Å². The molecule has 2 saturated heterocycles. The standard InChI is InChI=1S/C24H25N5O3S2/c1-28(2)19-8-10-20(11-9-19)29-21-15-34(31,32)16-22(21)33-24(29)27-14-18(12-25)23(30)26-13-17-6-4-3-5-7-17/h3-11,14,21-22H,13,15-16H2,1-2H3,(H,26,30)/b18-14+,27-24?/t21-,22+/m0/s1. The number of fused-ring (bicyclic) bond motifs is 1. The highest BCUT2D eigenvalue weighted by Crippen LogP contribution is 2.41. The Balaban J connectivity index is 1.58. The number of hydrogen-bond donors (Lipinski definition) is 1. The van der Waals surface area contributed by atoms with E-state index >= 15 is 0 Å². The van der Waals surface area contributed by atoms with Crippen LogP contribution in [0, 0.1) is 11.3 Å². The number of sulfone groups is 1. The Labute approximate surface area is 203 Å². The number of nitrogens with zero attached hydrogens (tertiary/aromatic N) is 4. The number of hydrogen-bond acceptors (Lipinski definition) is 7. The van der Waals surface area contributed by atoms with Gasteiger partial charge in [0.05, 0.1) is 23.7 Å². The first-order valence-electron chi connectivity index (χ1n) is 10.7. The van der Waals surface area contributed by atoms with Gasteiger partial charge in [-0.15, -0.1) is 0 Å². The van der Waals surface area contributed by atoms with Crippen molar-refractivity contribution in [2.24, 2.45) is 4.99 Å². The van der Waals surface area contributed by atoms with E-state index in [1.165, 1.54) is 18.0 Å². The van der Waals surface area contributed by atoms with Gasteiger partial charge in [-0.2, -0.15) is 5.26 Å². The highest BCUT2D eigenvalue weighted by atomic mass is 32.2. The number of nitriles is 1. The average Bonchev–Trinajstić information content (AvgIpc) is 3.29. The monoisotopic (exact) mass is 495 g/mol. The molecule has 34 heavy (non-hydrogen) atoms. The Hall–Kier alpha value is -3.29. The Bertz CT molecular complexity index is 1270. The Kier molecular flexibility index (Phi) is 6.95. The van der Waals surface area contributed by atoms with E-state index < -0.39 is 15.7 Å². The molecule has 8 nitrogen and oxygen atoms in total. The van der Waals surface area contributed by atoms with Gasteiger partial charge in [0.25, 0.3) is 5.91 Å². The van der Waals surface area contributed by atoms with E-state index in [1.807, 2.05) is 84.6 Å². The van der Waals surface area contributed by atoms with Crippen LogP contribution in [0.5, 0.6) is 0 Å². The normalized spacial score (nSPS) is 22.3. The molecule has 10 heteroatoms. The van der Waals surface area contributed by atoms with E-state index in [0.29, 0.717) is 11.7 Å². The molecule has 0 radical (unpaired) electrons. The second-order valence-electron chi connectivity index (χ2n) is 8.32. The predicted octanol–water partition coefficient (Wildman–Crippen LogP) is 2.55. The molecule has 0 spiro atoms. The minimum atomic E-state index is -3.13. The number of amidine groups is 1. The third-order valence-electron chi connectivity index (χ3n) is 5.68. The first-order chi connectivity index (χ1) is 16.3. The molecular weight excluding hydrogens is 470 g/mol. The molecular formula is C24H25N5O3S2. The van der Waals surface area contributed by atoms with Gasteiger partial charge in [-0.3, -0.25) is 4.79 Å². The summed E-state index contributed by atoms with van der Waals surface area (Å²) in [4.78, 5) is 20.9. The number of rotatable bonds is 6. The van der Waals surface area contributed by atoms with Gasteiger partial charge in [0.2, 0.25) is 0 Å². The van der Waals surface area contributed by atoms with Crippen LogP contribution in [-0.2, 0) is 21.2 Å². The minimum absolute atomic E-state index is 0.0471. The molecule has 2 aromatic rings. The summed E-state index contributed by atoms with van der Waals surface area (Å²) in [5.41, 5.74) is 2.65. The van der Waals surface area contributed by atoms with Crippen LogP contribution < -0.4 is 15.1 Å². The molecule has 1 amide bonds. The fourth-order valence-electron chi connectivity index (χ4n) is 3.92. The molecule has 0 aromatic heterocycles. The highest BCUT2D eigenvalue weighted by Gasteiger charge is 2.49. The highest BCUT2D eigenvalue weighted by molar-refractivity contribution is 8.16. The average molecular weight is 496 g/mol. The van der Waals surface area contributed by atoms with Crippen LogP contribution in [0.15, 0.2) is 71.4 Å². The van der Waals surface area contributed by atoms with E-state index in [1.54, 1.807) is 0 Å². The maximum Gasteiger partial charge on any atom is 0.263 e. The van der Waals surface area contributed by atoms with Crippen molar-refractivity contribution in [3.8, 4) is 6.07 Å². The van der Waals surface area contributed by atoms with Crippen molar-refractivity contribution in [2.75, 3.05) is 35.4 Å². The number of nitrogens with one attached hydrogen (secondary N) is 1. The molecule has 0 aliphatic carbocycles. The third kappa shape index (κ3) is 5.26. The lowest BCUT2D eigenvalue weighted by Gasteiger charge is -2.25. The summed E-state index contributed by atoms with van der Waals surface area (Å²) < 4.78 is 24.5. The molecule has 0 unspecified atom stereocenters. The Morgan fingerprint density at radius 2 is 1.91 bits per heavy atom. The fraction of sp³-hybridized carbons (Fsp3) is 0.292. The molecule has 1 N–H and O–H groups in total. The maximum atomic E-state index is 12.5. The van der Waals surface area contributed by atoms with Gasteiger partial charge in [-0.25, -0.2) is 13.4 Å². The van der Waals surface area contributed by atoms with Gasteiger partial charge < -0.3 is 15.1 Å². The quantitative estimate of drug-likeness (QED) is 0.485. The number of anilines is 2. The maximum absolute atomic E-state index is 12.5. The summed E-state index contributed by atoms with van der Waals surface area (Å²) >= 11 is 1.37. The molecule has 2 aliphatic heterocycles. The van der Waals surface area contributed by atoms with Crippen LogP contribution in [0.4, 0.5) is 11.4 Å². The molecule has 0 bridgehead atoms. The molecule has 2 aromatic carbocycles. The largest absolute Gasteiger partial charge is 0.378 e. The van der Waals surface area contributed by atoms with Gasteiger partial charge in [-0.05, 0) is 29.8 Å². The van der Waals surface area contributed by atoms with Crippen molar-refractivity contribution < 1.29 is 13.2 Å². The van der Waals surface area contributed by atoms with Crippen molar-refractivity contribution in [2.45, 2.75) is 17.8 Å². The number of thioether (sulfide) groups is 1. The zero-order chi connectivity index (χ0) is 24.3. The molecule has 2 heterocycles. The van der Waals surface area contributed by atoms with E-state index in [4.69, 9.17) is 0 Å². The predicted molar refractivity (Wildman–Crippen MR) is 136 cm³/mol. The van der Waals surface area contributed by atoms with Crippen LogP contribution in [0.3, 0.4) is 0 Å².